The van der Waals surface area contributed by atoms with E-state index < -0.39 is 0 Å². The Balaban J connectivity index is 1.38. The number of anilines is 1. The summed E-state index contributed by atoms with van der Waals surface area (Å²) < 4.78 is 5.26. The monoisotopic (exact) mass is 426 g/mol. The van der Waals surface area contributed by atoms with Gasteiger partial charge < -0.3 is 5.32 Å². The molecule has 0 aliphatic heterocycles. The molecule has 9 nitrogen and oxygen atoms in total. The highest BCUT2D eigenvalue weighted by molar-refractivity contribution is 6.03. The van der Waals surface area contributed by atoms with Crippen molar-refractivity contribution in [3.8, 4) is 11.3 Å². The van der Waals surface area contributed by atoms with E-state index in [1.807, 2.05) is 38.4 Å². The third-order valence-corrected chi connectivity index (χ3v) is 5.59. The van der Waals surface area contributed by atoms with E-state index in [4.69, 9.17) is 0 Å². The van der Waals surface area contributed by atoms with Crippen LogP contribution in [0.25, 0.3) is 16.9 Å². The van der Waals surface area contributed by atoms with Crippen molar-refractivity contribution >= 4 is 17.2 Å². The summed E-state index contributed by atoms with van der Waals surface area (Å²) >= 11 is 0. The number of aromatic nitrogens is 7. The Morgan fingerprint density at radius 1 is 1.09 bits per heavy atom. The van der Waals surface area contributed by atoms with Crippen LogP contribution in [0.2, 0.25) is 0 Å². The van der Waals surface area contributed by atoms with Gasteiger partial charge in [-0.25, -0.2) is 9.50 Å². The Morgan fingerprint density at radius 3 is 2.72 bits per heavy atom. The van der Waals surface area contributed by atoms with Gasteiger partial charge in [-0.05, 0) is 31.0 Å². The zero-order valence-electron chi connectivity index (χ0n) is 18.0. The van der Waals surface area contributed by atoms with Crippen LogP contribution in [0.15, 0.2) is 61.2 Å². The van der Waals surface area contributed by atoms with Crippen LogP contribution in [0.5, 0.6) is 0 Å². The first-order chi connectivity index (χ1) is 15.5. The van der Waals surface area contributed by atoms with Crippen LogP contribution in [-0.2, 0) is 13.6 Å². The van der Waals surface area contributed by atoms with Crippen LogP contribution >= 0.6 is 0 Å². The number of amides is 1. The number of nitrogens with zero attached hydrogens (tertiary/aromatic N) is 7. The molecule has 9 heteroatoms. The molecule has 5 rings (SSSR count). The minimum atomic E-state index is -0.320. The molecule has 1 aromatic carbocycles. The number of rotatable bonds is 5. The van der Waals surface area contributed by atoms with Gasteiger partial charge in [0.1, 0.15) is 0 Å². The second kappa shape index (κ2) is 7.77. The molecule has 0 fully saturated rings. The standard InChI is InChI=1S/C23H22N8O/c1-15-6-4-5-7-17(15)13-30-14-18(11-26-30)27-23(32)20-10-22-24-9-8-21(31(22)28-20)19-12-25-29(3)16(19)2/h4-12,14H,13H2,1-3H3,(H,27,32). The molecule has 1 amide bonds. The summed E-state index contributed by atoms with van der Waals surface area (Å²) in [6, 6.07) is 11.7. The first-order valence-electron chi connectivity index (χ1n) is 10.2. The lowest BCUT2D eigenvalue weighted by Gasteiger charge is -2.05. The predicted octanol–water partition coefficient (Wildman–Crippen LogP) is 3.24. The molecule has 0 radical (unpaired) electrons. The lowest BCUT2D eigenvalue weighted by Crippen LogP contribution is -2.12. The zero-order chi connectivity index (χ0) is 22.2. The zero-order valence-corrected chi connectivity index (χ0v) is 18.0. The molecule has 0 aliphatic rings. The summed E-state index contributed by atoms with van der Waals surface area (Å²) in [6.07, 6.45) is 6.93. The predicted molar refractivity (Wildman–Crippen MR) is 120 cm³/mol. The number of aryl methyl sites for hydroxylation is 2. The van der Waals surface area contributed by atoms with E-state index in [1.165, 1.54) is 11.1 Å². The number of hydrogen-bond donors (Lipinski definition) is 1. The van der Waals surface area contributed by atoms with E-state index in [0.717, 1.165) is 17.0 Å². The van der Waals surface area contributed by atoms with Crippen molar-refractivity contribution in [3.05, 3.63) is 83.7 Å². The molecule has 1 N–H and O–H groups in total. The van der Waals surface area contributed by atoms with Gasteiger partial charge in [0.2, 0.25) is 0 Å². The SMILES string of the molecule is Cc1ccccc1Cn1cc(NC(=O)c2cc3nccc(-c4cnn(C)c4C)n3n2)cn1. The highest BCUT2D eigenvalue weighted by Gasteiger charge is 2.17. The first-order valence-corrected chi connectivity index (χ1v) is 10.2. The lowest BCUT2D eigenvalue weighted by atomic mass is 10.1. The van der Waals surface area contributed by atoms with Gasteiger partial charge in [0, 0.05) is 36.8 Å². The van der Waals surface area contributed by atoms with E-state index in [0.29, 0.717) is 17.9 Å². The third kappa shape index (κ3) is 3.53. The van der Waals surface area contributed by atoms with Crippen molar-refractivity contribution in [1.29, 1.82) is 0 Å². The maximum absolute atomic E-state index is 12.9. The van der Waals surface area contributed by atoms with Crippen LogP contribution in [0.4, 0.5) is 5.69 Å². The van der Waals surface area contributed by atoms with Crippen molar-refractivity contribution < 1.29 is 4.79 Å². The highest BCUT2D eigenvalue weighted by Crippen LogP contribution is 2.23. The third-order valence-electron chi connectivity index (χ3n) is 5.59. The number of benzene rings is 1. The topological polar surface area (TPSA) is 94.9 Å². The van der Waals surface area contributed by atoms with Gasteiger partial charge in [-0.1, -0.05) is 24.3 Å². The van der Waals surface area contributed by atoms with Gasteiger partial charge in [0.05, 0.1) is 30.3 Å². The normalized spacial score (nSPS) is 11.2. The number of carbonyl (C=O) groups is 1. The molecule has 32 heavy (non-hydrogen) atoms. The summed E-state index contributed by atoms with van der Waals surface area (Å²) in [5, 5.41) is 16.0. The van der Waals surface area contributed by atoms with E-state index in [9.17, 15) is 4.79 Å². The molecule has 0 aliphatic carbocycles. The summed E-state index contributed by atoms with van der Waals surface area (Å²) in [7, 11) is 1.89. The van der Waals surface area contributed by atoms with Gasteiger partial charge in [-0.15, -0.1) is 0 Å². The van der Waals surface area contributed by atoms with E-state index >= 15 is 0 Å². The molecule has 0 saturated heterocycles. The molecule has 0 spiro atoms. The van der Waals surface area contributed by atoms with Crippen LogP contribution in [0.3, 0.4) is 0 Å². The fourth-order valence-corrected chi connectivity index (χ4v) is 3.63. The number of fused-ring (bicyclic) bond motifs is 1. The van der Waals surface area contributed by atoms with Crippen molar-refractivity contribution in [1.82, 2.24) is 34.2 Å². The molecule has 160 valence electrons. The molecule has 0 bridgehead atoms. The summed E-state index contributed by atoms with van der Waals surface area (Å²) in [5.74, 6) is -0.320. The van der Waals surface area contributed by atoms with E-state index in [2.05, 4.69) is 44.7 Å². The second-order valence-corrected chi connectivity index (χ2v) is 7.70. The minimum Gasteiger partial charge on any atom is -0.318 e. The molecule has 0 saturated carbocycles. The molecule has 5 aromatic rings. The summed E-state index contributed by atoms with van der Waals surface area (Å²) in [5.41, 5.74) is 6.61. The number of carbonyl (C=O) groups excluding carboxylic acids is 1. The largest absolute Gasteiger partial charge is 0.318 e. The number of nitrogens with one attached hydrogen (secondary N) is 1. The Morgan fingerprint density at radius 2 is 1.94 bits per heavy atom. The summed E-state index contributed by atoms with van der Waals surface area (Å²) in [4.78, 5) is 17.2. The van der Waals surface area contributed by atoms with Crippen molar-refractivity contribution in [2.45, 2.75) is 20.4 Å². The second-order valence-electron chi connectivity index (χ2n) is 7.70. The van der Waals surface area contributed by atoms with Gasteiger partial charge in [-0.3, -0.25) is 14.2 Å². The van der Waals surface area contributed by atoms with E-state index in [1.54, 1.807) is 38.5 Å². The lowest BCUT2D eigenvalue weighted by molar-refractivity contribution is 0.102. The van der Waals surface area contributed by atoms with Crippen molar-refractivity contribution in [3.63, 3.8) is 0 Å². The smallest absolute Gasteiger partial charge is 0.276 e. The van der Waals surface area contributed by atoms with Crippen LogP contribution in [-0.4, -0.2) is 40.1 Å². The maximum atomic E-state index is 12.9. The Bertz CT molecular complexity index is 1440. The van der Waals surface area contributed by atoms with Gasteiger partial charge in [0.15, 0.2) is 11.3 Å². The van der Waals surface area contributed by atoms with Crippen molar-refractivity contribution in [2.75, 3.05) is 5.32 Å². The average Bonchev–Trinajstić information content (AvgIpc) is 3.49. The molecular formula is C23H22N8O. The van der Waals surface area contributed by atoms with Crippen LogP contribution in [0.1, 0.15) is 27.3 Å². The number of hydrogen-bond acceptors (Lipinski definition) is 5. The average molecular weight is 426 g/mol. The fourth-order valence-electron chi connectivity index (χ4n) is 3.63. The Kier molecular flexibility index (Phi) is 4.78. The van der Waals surface area contributed by atoms with Gasteiger partial charge in [-0.2, -0.15) is 15.3 Å². The summed E-state index contributed by atoms with van der Waals surface area (Å²) in [6.45, 7) is 4.69. The minimum absolute atomic E-state index is 0.276. The molecule has 0 atom stereocenters. The molecule has 0 unspecified atom stereocenters. The Labute approximate surface area is 184 Å². The van der Waals surface area contributed by atoms with Crippen LogP contribution < -0.4 is 5.32 Å². The first kappa shape index (κ1) is 19.7. The van der Waals surface area contributed by atoms with Gasteiger partial charge in [0.25, 0.3) is 5.91 Å². The van der Waals surface area contributed by atoms with Crippen LogP contribution in [0, 0.1) is 13.8 Å². The van der Waals surface area contributed by atoms with E-state index in [-0.39, 0.29) is 11.6 Å². The molecule has 4 heterocycles. The molecule has 4 aromatic heterocycles. The Hall–Kier alpha value is -4.27. The van der Waals surface area contributed by atoms with Crippen molar-refractivity contribution in [2.24, 2.45) is 7.05 Å². The van der Waals surface area contributed by atoms with Gasteiger partial charge >= 0.3 is 0 Å². The quantitative estimate of drug-likeness (QED) is 0.466. The fraction of sp³-hybridized carbons (Fsp3) is 0.174. The molecular weight excluding hydrogens is 404 g/mol. The highest BCUT2D eigenvalue weighted by atomic mass is 16.2. The maximum Gasteiger partial charge on any atom is 0.276 e.